The van der Waals surface area contributed by atoms with Gasteiger partial charge >= 0.3 is 18.3 Å². The highest BCUT2D eigenvalue weighted by molar-refractivity contribution is 8.23. The first kappa shape index (κ1) is 19.3. The van der Waals surface area contributed by atoms with E-state index in [1.165, 1.54) is 6.92 Å². The number of alkyl halides is 6. The van der Waals surface area contributed by atoms with E-state index >= 15 is 0 Å². The molecule has 20 heavy (non-hydrogen) atoms. The Morgan fingerprint density at radius 3 is 1.90 bits per heavy atom. The van der Waals surface area contributed by atoms with Gasteiger partial charge in [0.15, 0.2) is 0 Å². The number of halogens is 6. The van der Waals surface area contributed by atoms with E-state index in [9.17, 15) is 31.1 Å². The molecule has 0 amide bonds. The van der Waals surface area contributed by atoms with Crippen molar-refractivity contribution in [2.45, 2.75) is 24.5 Å². The second-order valence-electron chi connectivity index (χ2n) is 3.64. The molecule has 11 heteroatoms. The van der Waals surface area contributed by atoms with Crippen molar-refractivity contribution in [3.8, 4) is 0 Å². The summed E-state index contributed by atoms with van der Waals surface area (Å²) in [4.78, 5) is 11.0. The van der Waals surface area contributed by atoms with E-state index in [2.05, 4.69) is 17.0 Å². The predicted molar refractivity (Wildman–Crippen MR) is 65.4 cm³/mol. The lowest BCUT2D eigenvalue weighted by atomic mass is 10.5. The summed E-state index contributed by atoms with van der Waals surface area (Å²) in [5.41, 5.74) is 0. The average molecular weight is 343 g/mol. The highest BCUT2D eigenvalue weighted by Gasteiger charge is 2.39. The van der Waals surface area contributed by atoms with E-state index < -0.39 is 41.0 Å². The second-order valence-corrected chi connectivity index (χ2v) is 5.61. The molecule has 0 aromatic heterocycles. The van der Waals surface area contributed by atoms with Crippen LogP contribution in [0.4, 0.5) is 26.3 Å². The van der Waals surface area contributed by atoms with Crippen molar-refractivity contribution >= 4 is 34.3 Å². The number of methoxy groups -OCH3 is 1. The minimum absolute atomic E-state index is 0.0422. The van der Waals surface area contributed by atoms with Gasteiger partial charge in [-0.15, -0.1) is 0 Å². The molecular formula is C9H11F6NO2S2. The minimum Gasteiger partial charge on any atom is -0.468 e. The van der Waals surface area contributed by atoms with Gasteiger partial charge in [-0.05, 0) is 6.92 Å². The highest BCUT2D eigenvalue weighted by Crippen LogP contribution is 2.26. The molecule has 118 valence electrons. The van der Waals surface area contributed by atoms with E-state index in [0.29, 0.717) is 11.8 Å². The van der Waals surface area contributed by atoms with Crippen molar-refractivity contribution in [1.82, 2.24) is 4.90 Å². The Kier molecular flexibility index (Phi) is 7.08. The van der Waals surface area contributed by atoms with Crippen LogP contribution in [0, 0.1) is 0 Å². The van der Waals surface area contributed by atoms with E-state index in [0.717, 1.165) is 7.11 Å². The first-order valence-corrected chi connectivity index (χ1v) is 6.31. The minimum atomic E-state index is -4.84. The molecular weight excluding hydrogens is 332 g/mol. The maximum Gasteiger partial charge on any atom is 0.405 e. The van der Waals surface area contributed by atoms with E-state index in [1.54, 1.807) is 0 Å². The summed E-state index contributed by atoms with van der Waals surface area (Å²) in [6, 6.07) is 0. The van der Waals surface area contributed by atoms with Crippen molar-refractivity contribution in [2.24, 2.45) is 0 Å². The third-order valence-electron chi connectivity index (χ3n) is 1.81. The molecule has 0 radical (unpaired) electrons. The number of nitrogens with zero attached hydrogens (tertiary/aromatic N) is 1. The van der Waals surface area contributed by atoms with Gasteiger partial charge in [-0.25, -0.2) is 0 Å². The number of hydrogen-bond donors (Lipinski definition) is 0. The molecule has 0 rings (SSSR count). The number of rotatable bonds is 4. The van der Waals surface area contributed by atoms with Crippen LogP contribution in [-0.2, 0) is 9.53 Å². The number of carbonyl (C=O) groups excluding carboxylic acids is 1. The maximum absolute atomic E-state index is 12.2. The first-order chi connectivity index (χ1) is 8.85. The monoisotopic (exact) mass is 343 g/mol. The van der Waals surface area contributed by atoms with Crippen molar-refractivity contribution in [1.29, 1.82) is 0 Å². The first-order valence-electron chi connectivity index (χ1n) is 5.02. The smallest absolute Gasteiger partial charge is 0.405 e. The maximum atomic E-state index is 12.2. The second kappa shape index (κ2) is 7.34. The quantitative estimate of drug-likeness (QED) is 0.445. The number of thiocarbonyl (C=S) groups is 1. The summed E-state index contributed by atoms with van der Waals surface area (Å²) in [6.07, 6.45) is -9.69. The van der Waals surface area contributed by atoms with Crippen molar-refractivity contribution in [2.75, 3.05) is 20.2 Å². The molecule has 0 aliphatic carbocycles. The summed E-state index contributed by atoms with van der Waals surface area (Å²) >= 11 is 4.94. The van der Waals surface area contributed by atoms with Gasteiger partial charge < -0.3 is 9.64 Å². The van der Waals surface area contributed by atoms with Gasteiger partial charge in [0.05, 0.1) is 7.11 Å². The van der Waals surface area contributed by atoms with Crippen molar-refractivity contribution in [3.63, 3.8) is 0 Å². The summed E-state index contributed by atoms with van der Waals surface area (Å²) in [5.74, 6) is -0.795. The molecule has 0 aliphatic heterocycles. The number of hydrogen-bond acceptors (Lipinski definition) is 4. The molecule has 0 aromatic rings. The number of carbonyl (C=O) groups is 1. The van der Waals surface area contributed by atoms with Gasteiger partial charge in [-0.2, -0.15) is 26.3 Å². The van der Waals surface area contributed by atoms with Gasteiger partial charge in [-0.3, -0.25) is 4.79 Å². The molecule has 3 nitrogen and oxygen atoms in total. The Morgan fingerprint density at radius 2 is 1.60 bits per heavy atom. The molecule has 0 N–H and O–H groups in total. The molecule has 0 aromatic carbocycles. The van der Waals surface area contributed by atoms with Crippen LogP contribution in [-0.4, -0.2) is 53.0 Å². The van der Waals surface area contributed by atoms with Crippen LogP contribution < -0.4 is 0 Å². The van der Waals surface area contributed by atoms with E-state index in [4.69, 9.17) is 0 Å². The van der Waals surface area contributed by atoms with Crippen LogP contribution in [0.25, 0.3) is 0 Å². The Balaban J connectivity index is 4.85. The van der Waals surface area contributed by atoms with Crippen LogP contribution in [0.5, 0.6) is 0 Å². The molecule has 1 atom stereocenters. The van der Waals surface area contributed by atoms with Crippen LogP contribution in [0.2, 0.25) is 0 Å². The highest BCUT2D eigenvalue weighted by atomic mass is 32.2. The fraction of sp³-hybridized carbons (Fsp3) is 0.778. The van der Waals surface area contributed by atoms with Crippen LogP contribution in [0.3, 0.4) is 0 Å². The molecule has 0 fully saturated rings. The van der Waals surface area contributed by atoms with Crippen molar-refractivity contribution in [3.05, 3.63) is 0 Å². The Hall–Kier alpha value is -0.710. The summed E-state index contributed by atoms with van der Waals surface area (Å²) < 4.78 is 77.0. The summed E-state index contributed by atoms with van der Waals surface area (Å²) in [6.45, 7) is -2.42. The SMILES string of the molecule is COC(=O)C(C)SC(=S)N(CC(F)(F)F)CC(F)(F)F. The lowest BCUT2D eigenvalue weighted by Crippen LogP contribution is -2.43. The van der Waals surface area contributed by atoms with Gasteiger partial charge in [0.2, 0.25) is 0 Å². The Bertz CT molecular complexity index is 341. The number of esters is 1. The van der Waals surface area contributed by atoms with Gasteiger partial charge in [0, 0.05) is 0 Å². The van der Waals surface area contributed by atoms with Gasteiger partial charge in [0.25, 0.3) is 0 Å². The summed E-state index contributed by atoms with van der Waals surface area (Å²) in [5, 5.41) is -1.00. The van der Waals surface area contributed by atoms with Gasteiger partial charge in [0.1, 0.15) is 22.7 Å². The molecule has 0 saturated heterocycles. The third kappa shape index (κ3) is 8.46. The fourth-order valence-electron chi connectivity index (χ4n) is 1.06. The lowest BCUT2D eigenvalue weighted by Gasteiger charge is -2.27. The van der Waals surface area contributed by atoms with Crippen LogP contribution in [0.1, 0.15) is 6.92 Å². The van der Waals surface area contributed by atoms with Gasteiger partial charge in [-0.1, -0.05) is 24.0 Å². The zero-order chi connectivity index (χ0) is 16.1. The lowest BCUT2D eigenvalue weighted by molar-refractivity contribution is -0.166. The third-order valence-corrected chi connectivity index (χ3v) is 3.36. The Labute approximate surface area is 120 Å². The molecule has 0 bridgehead atoms. The number of ether oxygens (including phenoxy) is 1. The largest absolute Gasteiger partial charge is 0.468 e. The standard InChI is InChI=1S/C9H11F6NO2S2/c1-5(6(17)18-2)20-7(19)16(3-8(10,11)12)4-9(13,14)15/h5H,3-4H2,1-2H3. The molecule has 0 heterocycles. The predicted octanol–water partition coefficient (Wildman–Crippen LogP) is 2.99. The topological polar surface area (TPSA) is 29.5 Å². The molecule has 1 unspecified atom stereocenters. The zero-order valence-electron chi connectivity index (χ0n) is 10.3. The summed E-state index contributed by atoms with van der Waals surface area (Å²) in [7, 11) is 1.05. The normalized spacial score (nSPS) is 13.8. The fourth-order valence-corrected chi connectivity index (χ4v) is 2.39. The van der Waals surface area contributed by atoms with E-state index in [1.807, 2.05) is 0 Å². The average Bonchev–Trinajstić information content (AvgIpc) is 2.22. The zero-order valence-corrected chi connectivity index (χ0v) is 12.0. The molecule has 0 aliphatic rings. The molecule has 0 saturated carbocycles. The Morgan fingerprint density at radius 1 is 1.20 bits per heavy atom. The number of thioether (sulfide) groups is 1. The molecule has 0 spiro atoms. The van der Waals surface area contributed by atoms with Crippen LogP contribution >= 0.6 is 24.0 Å². The van der Waals surface area contributed by atoms with Crippen molar-refractivity contribution < 1.29 is 35.9 Å². The van der Waals surface area contributed by atoms with E-state index in [-0.39, 0.29) is 4.90 Å². The van der Waals surface area contributed by atoms with Crippen LogP contribution in [0.15, 0.2) is 0 Å².